The van der Waals surface area contributed by atoms with Gasteiger partial charge >= 0.3 is 0 Å². The average Bonchev–Trinajstić information content (AvgIpc) is 2.59. The minimum atomic E-state index is -0.0793. The third-order valence-corrected chi connectivity index (χ3v) is 2.23. The molecule has 0 unspecified atom stereocenters. The van der Waals surface area contributed by atoms with E-state index in [1.807, 2.05) is 6.07 Å². The smallest absolute Gasteiger partial charge is 0.218 e. The second-order valence-corrected chi connectivity index (χ2v) is 3.44. The molecule has 0 fully saturated rings. The minimum Gasteiger partial charge on any atom is -0.356 e. The summed E-state index contributed by atoms with van der Waals surface area (Å²) < 4.78 is 4.38. The van der Waals surface area contributed by atoms with Crippen LogP contribution in [0.4, 0.5) is 0 Å². The lowest BCUT2D eigenvalue weighted by molar-refractivity contribution is -0.118. The maximum Gasteiger partial charge on any atom is 0.218 e. The summed E-state index contributed by atoms with van der Waals surface area (Å²) in [5.41, 5.74) is 0.179. The molecule has 1 amide bonds. The van der Waals surface area contributed by atoms with Crippen molar-refractivity contribution in [3.8, 4) is 6.07 Å². The number of nitriles is 1. The summed E-state index contributed by atoms with van der Waals surface area (Å²) in [6.07, 6.45) is 0. The number of aromatic nitrogens is 2. The molecule has 1 N–H and O–H groups in total. The first kappa shape index (κ1) is 10.5. The summed E-state index contributed by atoms with van der Waals surface area (Å²) in [6, 6.07) is 1.85. The Balaban J connectivity index is 2.32. The van der Waals surface area contributed by atoms with Gasteiger partial charge in [0.25, 0.3) is 0 Å². The van der Waals surface area contributed by atoms with Gasteiger partial charge in [0, 0.05) is 19.2 Å². The molecule has 0 atom stereocenters. The molecule has 74 valence electrons. The van der Waals surface area contributed by atoms with E-state index in [0.29, 0.717) is 17.3 Å². The van der Waals surface area contributed by atoms with Crippen molar-refractivity contribution in [1.29, 1.82) is 5.26 Å². The van der Waals surface area contributed by atoms with Gasteiger partial charge in [-0.2, -0.15) is 5.26 Å². The molecule has 0 spiro atoms. The van der Waals surface area contributed by atoms with Gasteiger partial charge in [-0.25, -0.2) is 4.63 Å². The summed E-state index contributed by atoms with van der Waals surface area (Å²) in [5.74, 6) is 0.548. The molecule has 0 saturated heterocycles. The molecule has 0 saturated carbocycles. The first-order valence-corrected chi connectivity index (χ1v) is 4.82. The predicted octanol–water partition coefficient (Wildman–Crippen LogP) is 0.169. The van der Waals surface area contributed by atoms with Crippen molar-refractivity contribution in [2.45, 2.75) is 11.9 Å². The van der Waals surface area contributed by atoms with Crippen molar-refractivity contribution in [2.75, 3.05) is 12.3 Å². The SMILES string of the molecule is CC(=O)NCCSc1nonc1C#N. The molecular formula is C7H8N4O2S. The van der Waals surface area contributed by atoms with Crippen molar-refractivity contribution in [1.82, 2.24) is 15.6 Å². The average molecular weight is 212 g/mol. The van der Waals surface area contributed by atoms with Crippen LogP contribution in [-0.4, -0.2) is 28.5 Å². The maximum atomic E-state index is 10.5. The van der Waals surface area contributed by atoms with Gasteiger partial charge in [-0.15, -0.1) is 0 Å². The van der Waals surface area contributed by atoms with Crippen LogP contribution in [0.2, 0.25) is 0 Å². The zero-order chi connectivity index (χ0) is 10.4. The molecule has 6 nitrogen and oxygen atoms in total. The van der Waals surface area contributed by atoms with Crippen LogP contribution in [0.25, 0.3) is 0 Å². The third-order valence-electron chi connectivity index (χ3n) is 1.28. The predicted molar refractivity (Wildman–Crippen MR) is 48.4 cm³/mol. The lowest BCUT2D eigenvalue weighted by Crippen LogP contribution is -2.22. The number of carbonyl (C=O) groups excluding carboxylic acids is 1. The second-order valence-electron chi connectivity index (χ2n) is 2.36. The molecule has 0 radical (unpaired) electrons. The molecule has 0 aliphatic carbocycles. The second kappa shape index (κ2) is 5.24. The number of nitrogens with zero attached hydrogens (tertiary/aromatic N) is 3. The molecule has 1 aromatic heterocycles. The van der Waals surface area contributed by atoms with Gasteiger partial charge in [-0.1, -0.05) is 11.8 Å². The summed E-state index contributed by atoms with van der Waals surface area (Å²) in [6.45, 7) is 1.97. The van der Waals surface area contributed by atoms with E-state index in [1.165, 1.54) is 18.7 Å². The van der Waals surface area contributed by atoms with Gasteiger partial charge in [0.05, 0.1) is 0 Å². The van der Waals surface area contributed by atoms with Gasteiger partial charge in [-0.3, -0.25) is 4.79 Å². The van der Waals surface area contributed by atoms with E-state index in [1.54, 1.807) is 0 Å². The lowest BCUT2D eigenvalue weighted by atomic mass is 10.5. The Morgan fingerprint density at radius 1 is 1.71 bits per heavy atom. The molecule has 0 aliphatic rings. The Morgan fingerprint density at radius 3 is 3.14 bits per heavy atom. The largest absolute Gasteiger partial charge is 0.356 e. The zero-order valence-electron chi connectivity index (χ0n) is 7.48. The summed E-state index contributed by atoms with van der Waals surface area (Å²) in [7, 11) is 0. The van der Waals surface area contributed by atoms with E-state index in [0.717, 1.165) is 0 Å². The van der Waals surface area contributed by atoms with Gasteiger partial charge < -0.3 is 5.32 Å². The fourth-order valence-corrected chi connectivity index (χ4v) is 1.42. The number of hydrogen-bond acceptors (Lipinski definition) is 6. The standard InChI is InChI=1S/C7H8N4O2S/c1-5(12)9-2-3-14-7-6(4-8)10-13-11-7/h2-3H2,1H3,(H,9,12). The topological polar surface area (TPSA) is 91.8 Å². The fourth-order valence-electron chi connectivity index (χ4n) is 0.718. The highest BCUT2D eigenvalue weighted by Gasteiger charge is 2.08. The minimum absolute atomic E-state index is 0.0793. The van der Waals surface area contributed by atoms with Gasteiger partial charge in [-0.05, 0) is 10.3 Å². The molecule has 7 heteroatoms. The number of nitrogens with one attached hydrogen (secondary N) is 1. The third kappa shape index (κ3) is 3.06. The van der Waals surface area contributed by atoms with Crippen molar-refractivity contribution >= 4 is 17.7 Å². The summed E-state index contributed by atoms with van der Waals surface area (Å²) in [4.78, 5) is 10.5. The Bertz CT molecular complexity index is 357. The van der Waals surface area contributed by atoms with Crippen molar-refractivity contribution < 1.29 is 9.42 Å². The Hall–Kier alpha value is -1.55. The van der Waals surface area contributed by atoms with E-state index in [9.17, 15) is 4.79 Å². The Labute approximate surface area is 84.6 Å². The number of carbonyl (C=O) groups is 1. The van der Waals surface area contributed by atoms with E-state index in [4.69, 9.17) is 5.26 Å². The van der Waals surface area contributed by atoms with Crippen LogP contribution in [0, 0.1) is 11.3 Å². The molecular weight excluding hydrogens is 204 g/mol. The fraction of sp³-hybridized carbons (Fsp3) is 0.429. The highest BCUT2D eigenvalue weighted by Crippen LogP contribution is 2.16. The molecule has 1 aromatic rings. The van der Waals surface area contributed by atoms with Crippen LogP contribution >= 0.6 is 11.8 Å². The Morgan fingerprint density at radius 2 is 2.50 bits per heavy atom. The van der Waals surface area contributed by atoms with Gasteiger partial charge in [0.15, 0.2) is 5.03 Å². The highest BCUT2D eigenvalue weighted by atomic mass is 32.2. The van der Waals surface area contributed by atoms with E-state index < -0.39 is 0 Å². The van der Waals surface area contributed by atoms with Crippen LogP contribution in [0.15, 0.2) is 9.65 Å². The van der Waals surface area contributed by atoms with Gasteiger partial charge in [0.2, 0.25) is 11.6 Å². The first-order valence-electron chi connectivity index (χ1n) is 3.84. The summed E-state index contributed by atoms with van der Waals surface area (Å²) in [5, 5.41) is 18.6. The molecule has 14 heavy (non-hydrogen) atoms. The zero-order valence-corrected chi connectivity index (χ0v) is 8.30. The highest BCUT2D eigenvalue weighted by molar-refractivity contribution is 7.99. The van der Waals surface area contributed by atoms with E-state index in [-0.39, 0.29) is 11.6 Å². The van der Waals surface area contributed by atoms with Crippen LogP contribution in [-0.2, 0) is 4.79 Å². The van der Waals surface area contributed by atoms with Crippen LogP contribution in [0.5, 0.6) is 0 Å². The van der Waals surface area contributed by atoms with Gasteiger partial charge in [0.1, 0.15) is 6.07 Å². The van der Waals surface area contributed by atoms with Crippen molar-refractivity contribution in [3.63, 3.8) is 0 Å². The number of rotatable bonds is 4. The molecule has 0 bridgehead atoms. The summed E-state index contributed by atoms with van der Waals surface area (Å²) >= 11 is 1.32. The molecule has 0 aromatic carbocycles. The van der Waals surface area contributed by atoms with Crippen LogP contribution in [0.3, 0.4) is 0 Å². The monoisotopic (exact) mass is 212 g/mol. The molecule has 0 aliphatic heterocycles. The first-order chi connectivity index (χ1) is 6.74. The van der Waals surface area contributed by atoms with Crippen molar-refractivity contribution in [2.24, 2.45) is 0 Å². The lowest BCUT2D eigenvalue weighted by Gasteiger charge is -1.98. The molecule has 1 rings (SSSR count). The number of thioether (sulfide) groups is 1. The number of hydrogen-bond donors (Lipinski definition) is 1. The van der Waals surface area contributed by atoms with Crippen LogP contribution in [0.1, 0.15) is 12.6 Å². The number of amides is 1. The van der Waals surface area contributed by atoms with Crippen LogP contribution < -0.4 is 5.32 Å². The molecule has 1 heterocycles. The van der Waals surface area contributed by atoms with Crippen molar-refractivity contribution in [3.05, 3.63) is 5.69 Å². The van der Waals surface area contributed by atoms with E-state index in [2.05, 4.69) is 20.3 Å². The van der Waals surface area contributed by atoms with E-state index >= 15 is 0 Å². The Kier molecular flexibility index (Phi) is 3.94. The quantitative estimate of drug-likeness (QED) is 0.565. The maximum absolute atomic E-state index is 10.5. The normalized spacial score (nSPS) is 9.43.